The Morgan fingerprint density at radius 3 is 2.21 bits per heavy atom. The normalized spacial score (nSPS) is 35.7. The molecule has 4 heteroatoms. The van der Waals surface area contributed by atoms with E-state index in [4.69, 9.17) is 0 Å². The molecule has 4 bridgehead atoms. The van der Waals surface area contributed by atoms with Gasteiger partial charge < -0.3 is 10.4 Å². The number of pyridine rings is 1. The predicted molar refractivity (Wildman–Crippen MR) is 107 cm³/mol. The Bertz CT molecular complexity index is 806. The molecule has 1 aromatic heterocycles. The Balaban J connectivity index is 1.41. The lowest BCUT2D eigenvalue weighted by molar-refractivity contribution is -0.147. The van der Waals surface area contributed by atoms with E-state index in [1.54, 1.807) is 12.4 Å². The van der Waals surface area contributed by atoms with Crippen LogP contribution in [-0.4, -0.2) is 22.1 Å². The van der Waals surface area contributed by atoms with Crippen molar-refractivity contribution in [1.29, 1.82) is 0 Å². The van der Waals surface area contributed by atoms with Crippen LogP contribution in [0.3, 0.4) is 0 Å². The predicted octanol–water partition coefficient (Wildman–Crippen LogP) is 3.45. The molecular weight excluding hydrogens is 348 g/mol. The van der Waals surface area contributed by atoms with Crippen molar-refractivity contribution in [1.82, 2.24) is 10.3 Å². The molecule has 4 aliphatic carbocycles. The quantitative estimate of drug-likeness (QED) is 0.840. The van der Waals surface area contributed by atoms with E-state index in [1.165, 1.54) is 5.56 Å². The summed E-state index contributed by atoms with van der Waals surface area (Å²) in [6, 6.07) is 14.6. The van der Waals surface area contributed by atoms with Crippen LogP contribution in [0.25, 0.3) is 0 Å². The zero-order valence-electron chi connectivity index (χ0n) is 16.1. The molecule has 6 rings (SSSR count). The first-order valence-corrected chi connectivity index (χ1v) is 10.6. The Morgan fingerprint density at radius 2 is 1.61 bits per heavy atom. The molecule has 0 saturated heterocycles. The van der Waals surface area contributed by atoms with Gasteiger partial charge in [-0.15, -0.1) is 0 Å². The Labute approximate surface area is 166 Å². The molecule has 2 N–H and O–H groups in total. The van der Waals surface area contributed by atoms with Crippen molar-refractivity contribution < 1.29 is 9.90 Å². The summed E-state index contributed by atoms with van der Waals surface area (Å²) in [5.74, 6) is 1.98. The zero-order valence-corrected chi connectivity index (χ0v) is 16.1. The standard InChI is InChI=1S/C24H28N2O2/c27-22(26-15-16-6-8-25-9-7-16)14-24(19-4-2-1-3-5-19)20-10-17-11-21(24)13-18(12-20)23(17)28/h1-9,17-18,20-21,23,28H,10-15H2,(H,26,27). The third kappa shape index (κ3) is 2.86. The fourth-order valence-corrected chi connectivity index (χ4v) is 6.60. The van der Waals surface area contributed by atoms with Gasteiger partial charge >= 0.3 is 0 Å². The molecule has 1 heterocycles. The molecule has 4 nitrogen and oxygen atoms in total. The molecule has 4 fully saturated rings. The third-order valence-corrected chi connectivity index (χ3v) is 7.78. The van der Waals surface area contributed by atoms with Crippen molar-refractivity contribution in [3.8, 4) is 0 Å². The van der Waals surface area contributed by atoms with Crippen molar-refractivity contribution in [3.05, 3.63) is 66.0 Å². The summed E-state index contributed by atoms with van der Waals surface area (Å²) in [6.07, 6.45) is 8.17. The van der Waals surface area contributed by atoms with Crippen LogP contribution in [0.15, 0.2) is 54.9 Å². The summed E-state index contributed by atoms with van der Waals surface area (Å²) in [6.45, 7) is 0.547. The molecular formula is C24H28N2O2. The molecule has 0 atom stereocenters. The molecule has 0 aliphatic heterocycles. The number of carbonyl (C=O) groups is 1. The Morgan fingerprint density at radius 1 is 1.00 bits per heavy atom. The minimum absolute atomic E-state index is 0.0866. The number of aliphatic hydroxyl groups is 1. The lowest BCUT2D eigenvalue weighted by Crippen LogP contribution is -2.61. The van der Waals surface area contributed by atoms with Crippen molar-refractivity contribution in [2.75, 3.05) is 0 Å². The monoisotopic (exact) mass is 376 g/mol. The first-order valence-electron chi connectivity index (χ1n) is 10.6. The van der Waals surface area contributed by atoms with Gasteiger partial charge in [0.15, 0.2) is 0 Å². The number of hydrogen-bond acceptors (Lipinski definition) is 3. The lowest BCUT2D eigenvalue weighted by Gasteiger charge is -2.63. The van der Waals surface area contributed by atoms with Crippen LogP contribution in [0.2, 0.25) is 0 Å². The van der Waals surface area contributed by atoms with Crippen LogP contribution in [0.1, 0.15) is 43.2 Å². The van der Waals surface area contributed by atoms with Crippen LogP contribution in [0.5, 0.6) is 0 Å². The van der Waals surface area contributed by atoms with Gasteiger partial charge in [0.05, 0.1) is 6.10 Å². The number of nitrogens with one attached hydrogen (secondary N) is 1. The van der Waals surface area contributed by atoms with Crippen LogP contribution >= 0.6 is 0 Å². The third-order valence-electron chi connectivity index (χ3n) is 7.78. The lowest BCUT2D eigenvalue weighted by atomic mass is 9.42. The Hall–Kier alpha value is -2.20. The second-order valence-electron chi connectivity index (χ2n) is 9.06. The van der Waals surface area contributed by atoms with Gasteiger partial charge in [-0.25, -0.2) is 0 Å². The van der Waals surface area contributed by atoms with Crippen molar-refractivity contribution in [2.45, 2.75) is 50.2 Å². The largest absolute Gasteiger partial charge is 0.393 e. The number of amides is 1. The maximum absolute atomic E-state index is 13.1. The summed E-state index contributed by atoms with van der Waals surface area (Å²) in [5, 5.41) is 13.7. The maximum Gasteiger partial charge on any atom is 0.221 e. The summed E-state index contributed by atoms with van der Waals surface area (Å²) in [4.78, 5) is 17.1. The van der Waals surface area contributed by atoms with E-state index in [9.17, 15) is 9.90 Å². The van der Waals surface area contributed by atoms with Gasteiger partial charge in [-0.3, -0.25) is 9.78 Å². The second kappa shape index (κ2) is 7.00. The minimum Gasteiger partial charge on any atom is -0.393 e. The Kier molecular flexibility index (Phi) is 4.47. The fourth-order valence-electron chi connectivity index (χ4n) is 6.60. The molecule has 0 unspecified atom stereocenters. The molecule has 1 amide bonds. The second-order valence-corrected chi connectivity index (χ2v) is 9.06. The van der Waals surface area contributed by atoms with E-state index in [-0.39, 0.29) is 17.4 Å². The first-order chi connectivity index (χ1) is 13.7. The van der Waals surface area contributed by atoms with Crippen LogP contribution in [0, 0.1) is 23.7 Å². The highest BCUT2D eigenvalue weighted by Gasteiger charge is 2.60. The number of carbonyl (C=O) groups excluding carboxylic acids is 1. The van der Waals surface area contributed by atoms with Crippen LogP contribution < -0.4 is 5.32 Å². The van der Waals surface area contributed by atoms with Crippen molar-refractivity contribution >= 4 is 5.91 Å². The number of aromatic nitrogens is 1. The minimum atomic E-state index is -0.123. The van der Waals surface area contributed by atoms with E-state index in [2.05, 4.69) is 40.6 Å². The summed E-state index contributed by atoms with van der Waals surface area (Å²) in [7, 11) is 0. The SMILES string of the molecule is O=C(CC1(c2ccccc2)C2CC3CC1CC(C2)C3O)NCc1ccncc1. The van der Waals surface area contributed by atoms with Crippen LogP contribution in [-0.2, 0) is 16.8 Å². The molecule has 0 spiro atoms. The number of hydrogen-bond donors (Lipinski definition) is 2. The van der Waals surface area contributed by atoms with Gasteiger partial charge in [0.2, 0.25) is 5.91 Å². The number of aliphatic hydroxyl groups excluding tert-OH is 1. The van der Waals surface area contributed by atoms with Crippen molar-refractivity contribution in [2.24, 2.45) is 23.7 Å². The molecule has 146 valence electrons. The van der Waals surface area contributed by atoms with E-state index < -0.39 is 0 Å². The van der Waals surface area contributed by atoms with E-state index in [0.717, 1.165) is 31.2 Å². The van der Waals surface area contributed by atoms with E-state index >= 15 is 0 Å². The summed E-state index contributed by atoms with van der Waals surface area (Å²) in [5.41, 5.74) is 2.30. The number of benzene rings is 1. The highest BCUT2D eigenvalue weighted by atomic mass is 16.3. The zero-order chi connectivity index (χ0) is 19.1. The highest BCUT2D eigenvalue weighted by Crippen LogP contribution is 2.64. The van der Waals surface area contributed by atoms with Gasteiger partial charge in [0.1, 0.15) is 0 Å². The van der Waals surface area contributed by atoms with Gasteiger partial charge in [0, 0.05) is 30.8 Å². The maximum atomic E-state index is 13.1. The smallest absolute Gasteiger partial charge is 0.221 e. The average molecular weight is 376 g/mol. The first kappa shape index (κ1) is 17.9. The summed E-state index contributed by atoms with van der Waals surface area (Å²) < 4.78 is 0. The molecule has 4 saturated carbocycles. The van der Waals surface area contributed by atoms with Gasteiger partial charge in [-0.2, -0.15) is 0 Å². The average Bonchev–Trinajstić information content (AvgIpc) is 2.72. The molecule has 1 aromatic carbocycles. The topological polar surface area (TPSA) is 62.2 Å². The summed E-state index contributed by atoms with van der Waals surface area (Å²) >= 11 is 0. The van der Waals surface area contributed by atoms with Crippen molar-refractivity contribution in [3.63, 3.8) is 0 Å². The van der Waals surface area contributed by atoms with Crippen LogP contribution in [0.4, 0.5) is 0 Å². The molecule has 0 radical (unpaired) electrons. The highest BCUT2D eigenvalue weighted by molar-refractivity contribution is 5.78. The molecule has 28 heavy (non-hydrogen) atoms. The van der Waals surface area contributed by atoms with E-state index in [1.807, 2.05) is 12.1 Å². The van der Waals surface area contributed by atoms with Gasteiger partial charge in [0.25, 0.3) is 0 Å². The molecule has 4 aliphatic rings. The van der Waals surface area contributed by atoms with Gasteiger partial charge in [-0.05, 0) is 72.6 Å². The number of rotatable bonds is 5. The van der Waals surface area contributed by atoms with E-state index in [0.29, 0.717) is 36.6 Å². The molecule has 2 aromatic rings. The number of nitrogens with zero attached hydrogens (tertiary/aromatic N) is 1. The fraction of sp³-hybridized carbons (Fsp3) is 0.500. The van der Waals surface area contributed by atoms with Gasteiger partial charge in [-0.1, -0.05) is 30.3 Å².